The van der Waals surface area contributed by atoms with Crippen molar-refractivity contribution in [2.75, 3.05) is 26.3 Å². The number of oxime groups is 1. The number of fused-ring (bicyclic) bond motifs is 1. The molecule has 3 N–H and O–H groups in total. The summed E-state index contributed by atoms with van der Waals surface area (Å²) in [5.74, 6) is -1.58. The number of ether oxygens (including phenoxy) is 1. The van der Waals surface area contributed by atoms with E-state index in [0.717, 1.165) is 12.5 Å². The van der Waals surface area contributed by atoms with Gasteiger partial charge in [0.05, 0.1) is 18.4 Å². The lowest BCUT2D eigenvalue weighted by atomic mass is 9.99. The van der Waals surface area contributed by atoms with E-state index in [1.807, 2.05) is 12.2 Å². The van der Waals surface area contributed by atoms with Crippen molar-refractivity contribution in [3.63, 3.8) is 0 Å². The fourth-order valence-corrected chi connectivity index (χ4v) is 3.46. The van der Waals surface area contributed by atoms with Gasteiger partial charge in [0.15, 0.2) is 6.61 Å². The van der Waals surface area contributed by atoms with Crippen LogP contribution in [-0.4, -0.2) is 70.2 Å². The summed E-state index contributed by atoms with van der Waals surface area (Å²) in [6.07, 6.45) is 11.3. The summed E-state index contributed by atoms with van der Waals surface area (Å²) in [5.41, 5.74) is 0.532. The number of hydrogen-bond donors (Lipinski definition) is 3. The molecule has 33 heavy (non-hydrogen) atoms. The quantitative estimate of drug-likeness (QED) is 0.361. The van der Waals surface area contributed by atoms with Crippen LogP contribution in [0.1, 0.15) is 35.2 Å². The number of aliphatic hydroxyl groups excluding tert-OH is 1. The largest absolute Gasteiger partial charge is 0.508 e. The van der Waals surface area contributed by atoms with Crippen LogP contribution in [0.3, 0.4) is 0 Å². The molecule has 176 valence electrons. The topological polar surface area (TPSA) is 129 Å². The molecule has 2 heterocycles. The van der Waals surface area contributed by atoms with E-state index in [4.69, 9.17) is 9.57 Å². The second kappa shape index (κ2) is 11.9. The number of esters is 1. The molecule has 0 spiro atoms. The Balaban J connectivity index is 1.84. The molecule has 2 aliphatic heterocycles. The predicted molar refractivity (Wildman–Crippen MR) is 121 cm³/mol. The molecular formula is C24H28N2O7. The van der Waals surface area contributed by atoms with Gasteiger partial charge in [0, 0.05) is 25.6 Å². The maximum absolute atomic E-state index is 12.6. The molecule has 3 rings (SSSR count). The standard InChI is InChI=1S/C24H28N2O7/c27-19-8-2-5-12-32-24(31)23-17(14-20(28)15-21(23)29)13-18(7-6-9-19)25-33-16-22(30)26-10-3-1-4-11-26/h1-3,6-8,14-15,19,27-29H,4-5,9-13,16H2. The summed E-state index contributed by atoms with van der Waals surface area (Å²) in [6, 6.07) is 2.40. The van der Waals surface area contributed by atoms with E-state index in [2.05, 4.69) is 5.16 Å². The highest BCUT2D eigenvalue weighted by Crippen LogP contribution is 2.29. The van der Waals surface area contributed by atoms with Crippen molar-refractivity contribution in [2.45, 2.75) is 31.8 Å². The number of benzene rings is 1. The number of carbonyl (C=O) groups is 2. The zero-order chi connectivity index (χ0) is 23.6. The lowest BCUT2D eigenvalue weighted by Gasteiger charge is -2.22. The van der Waals surface area contributed by atoms with Crippen molar-refractivity contribution in [1.29, 1.82) is 0 Å². The van der Waals surface area contributed by atoms with Crippen molar-refractivity contribution >= 4 is 17.6 Å². The van der Waals surface area contributed by atoms with E-state index < -0.39 is 17.8 Å². The molecule has 0 aliphatic carbocycles. The number of phenols is 2. The lowest BCUT2D eigenvalue weighted by Crippen LogP contribution is -2.36. The summed E-state index contributed by atoms with van der Waals surface area (Å²) in [4.78, 5) is 31.8. The van der Waals surface area contributed by atoms with Gasteiger partial charge in [0.2, 0.25) is 0 Å². The Labute approximate surface area is 191 Å². The predicted octanol–water partition coefficient (Wildman–Crippen LogP) is 2.23. The summed E-state index contributed by atoms with van der Waals surface area (Å²) >= 11 is 0. The number of rotatable bonds is 3. The Bertz CT molecular complexity index is 981. The molecule has 1 aromatic rings. The van der Waals surface area contributed by atoms with Gasteiger partial charge in [0.1, 0.15) is 17.1 Å². The van der Waals surface area contributed by atoms with E-state index in [1.54, 1.807) is 29.2 Å². The highest BCUT2D eigenvalue weighted by Gasteiger charge is 2.21. The van der Waals surface area contributed by atoms with Gasteiger partial charge in [0.25, 0.3) is 5.91 Å². The van der Waals surface area contributed by atoms with Crippen LogP contribution in [0, 0.1) is 0 Å². The van der Waals surface area contributed by atoms with Crippen LogP contribution in [0.2, 0.25) is 0 Å². The maximum Gasteiger partial charge on any atom is 0.342 e. The molecular weight excluding hydrogens is 428 g/mol. The van der Waals surface area contributed by atoms with Crippen molar-refractivity contribution in [3.05, 3.63) is 59.7 Å². The smallest absolute Gasteiger partial charge is 0.342 e. The fourth-order valence-electron chi connectivity index (χ4n) is 3.46. The minimum absolute atomic E-state index is 0.00940. The third-order valence-electron chi connectivity index (χ3n) is 5.10. The monoisotopic (exact) mass is 456 g/mol. The van der Waals surface area contributed by atoms with Crippen molar-refractivity contribution in [2.24, 2.45) is 5.16 Å². The number of allylic oxidation sites excluding steroid dienone is 1. The van der Waals surface area contributed by atoms with Crippen LogP contribution < -0.4 is 0 Å². The fraction of sp³-hybridized carbons (Fsp3) is 0.375. The number of cyclic esters (lactones) is 1. The summed E-state index contributed by atoms with van der Waals surface area (Å²) < 4.78 is 5.23. The van der Waals surface area contributed by atoms with Crippen molar-refractivity contribution in [3.8, 4) is 11.5 Å². The Morgan fingerprint density at radius 2 is 2.03 bits per heavy atom. The van der Waals surface area contributed by atoms with Crippen LogP contribution in [0.4, 0.5) is 0 Å². The Kier molecular flexibility index (Phi) is 8.65. The average Bonchev–Trinajstić information content (AvgIpc) is 2.78. The zero-order valence-electron chi connectivity index (χ0n) is 18.2. The minimum atomic E-state index is -0.744. The molecule has 1 amide bonds. The Morgan fingerprint density at radius 1 is 1.18 bits per heavy atom. The first-order valence-corrected chi connectivity index (χ1v) is 10.8. The molecule has 0 fully saturated rings. The van der Waals surface area contributed by atoms with Gasteiger partial charge in [-0.1, -0.05) is 35.5 Å². The number of aromatic hydroxyl groups is 2. The normalized spacial score (nSPS) is 20.8. The number of phenolic OH excluding ortho intramolecular Hbond substituents is 2. The first-order valence-electron chi connectivity index (χ1n) is 10.8. The van der Waals surface area contributed by atoms with Gasteiger partial charge in [-0.05, 0) is 37.0 Å². The first kappa shape index (κ1) is 24.1. The highest BCUT2D eigenvalue weighted by atomic mass is 16.6. The van der Waals surface area contributed by atoms with Crippen LogP contribution in [0.5, 0.6) is 11.5 Å². The molecule has 1 atom stereocenters. The van der Waals surface area contributed by atoms with Gasteiger partial charge < -0.3 is 29.8 Å². The first-order chi connectivity index (χ1) is 15.9. The molecule has 9 nitrogen and oxygen atoms in total. The molecule has 2 aliphatic rings. The van der Waals surface area contributed by atoms with Crippen molar-refractivity contribution < 1.29 is 34.5 Å². The minimum Gasteiger partial charge on any atom is -0.508 e. The number of carbonyl (C=O) groups excluding carboxylic acids is 2. The van der Waals surface area contributed by atoms with E-state index in [0.29, 0.717) is 31.6 Å². The van der Waals surface area contributed by atoms with Gasteiger partial charge in [-0.3, -0.25) is 4.79 Å². The molecule has 0 radical (unpaired) electrons. The highest BCUT2D eigenvalue weighted by molar-refractivity contribution is 6.00. The van der Waals surface area contributed by atoms with Crippen molar-refractivity contribution in [1.82, 2.24) is 4.90 Å². The molecule has 0 saturated carbocycles. The lowest BCUT2D eigenvalue weighted by molar-refractivity contribution is -0.135. The van der Waals surface area contributed by atoms with E-state index in [-0.39, 0.29) is 42.4 Å². The SMILES string of the molecule is O=C1OCCC=CC(O)CC=CC(=NOCC(=O)N2CC=CCC2)Cc2cc(O)cc(O)c21. The number of amides is 1. The van der Waals surface area contributed by atoms with Crippen LogP contribution in [-0.2, 0) is 20.8 Å². The second-order valence-electron chi connectivity index (χ2n) is 7.69. The van der Waals surface area contributed by atoms with Crippen LogP contribution in [0.25, 0.3) is 0 Å². The van der Waals surface area contributed by atoms with Crippen LogP contribution >= 0.6 is 0 Å². The van der Waals surface area contributed by atoms with Gasteiger partial charge in [-0.15, -0.1) is 0 Å². The molecule has 0 saturated heterocycles. The molecule has 1 aromatic carbocycles. The Morgan fingerprint density at radius 3 is 2.82 bits per heavy atom. The number of nitrogens with zero attached hydrogens (tertiary/aromatic N) is 2. The third-order valence-corrected chi connectivity index (χ3v) is 5.10. The average molecular weight is 456 g/mol. The van der Waals surface area contributed by atoms with Gasteiger partial charge in [-0.2, -0.15) is 0 Å². The Hall–Kier alpha value is -3.59. The summed E-state index contributed by atoms with van der Waals surface area (Å²) in [7, 11) is 0. The second-order valence-corrected chi connectivity index (χ2v) is 7.69. The van der Waals surface area contributed by atoms with Crippen LogP contribution in [0.15, 0.2) is 53.7 Å². The van der Waals surface area contributed by atoms with E-state index >= 15 is 0 Å². The summed E-state index contributed by atoms with van der Waals surface area (Å²) in [6.45, 7) is 0.957. The molecule has 9 heteroatoms. The van der Waals surface area contributed by atoms with E-state index in [9.17, 15) is 24.9 Å². The summed E-state index contributed by atoms with van der Waals surface area (Å²) in [5, 5.41) is 34.3. The number of hydrogen-bond acceptors (Lipinski definition) is 8. The van der Waals surface area contributed by atoms with Gasteiger partial charge in [-0.25, -0.2) is 4.79 Å². The maximum atomic E-state index is 12.6. The number of aliphatic hydroxyl groups is 1. The molecule has 0 aromatic heterocycles. The molecule has 1 unspecified atom stereocenters. The zero-order valence-corrected chi connectivity index (χ0v) is 18.2. The molecule has 0 bridgehead atoms. The van der Waals surface area contributed by atoms with Gasteiger partial charge >= 0.3 is 5.97 Å². The third kappa shape index (κ3) is 7.21. The van der Waals surface area contributed by atoms with E-state index in [1.165, 1.54) is 6.07 Å².